The van der Waals surface area contributed by atoms with E-state index in [2.05, 4.69) is 17.1 Å². The highest BCUT2D eigenvalue weighted by Crippen LogP contribution is 2.17. The summed E-state index contributed by atoms with van der Waals surface area (Å²) in [5.74, 6) is -0.329. The Bertz CT molecular complexity index is 384. The van der Waals surface area contributed by atoms with Crippen LogP contribution in [0.3, 0.4) is 0 Å². The molecule has 94 valence electrons. The van der Waals surface area contributed by atoms with E-state index in [4.69, 9.17) is 11.6 Å². The lowest BCUT2D eigenvalue weighted by atomic mass is 10.2. The van der Waals surface area contributed by atoms with Gasteiger partial charge in [-0.1, -0.05) is 17.7 Å². The summed E-state index contributed by atoms with van der Waals surface area (Å²) in [5, 5.41) is 3.64. The Morgan fingerprint density at radius 3 is 3.12 bits per heavy atom. The highest BCUT2D eigenvalue weighted by Gasteiger charge is 2.14. The Hall–Kier alpha value is -0.640. The van der Waals surface area contributed by atoms with Crippen LogP contribution in [0.15, 0.2) is 18.2 Å². The average Bonchev–Trinajstić information content (AvgIpc) is 2.48. The fraction of sp³-hybridized carbons (Fsp3) is 0.538. The van der Waals surface area contributed by atoms with Crippen LogP contribution in [0.1, 0.15) is 18.9 Å². The van der Waals surface area contributed by atoms with Gasteiger partial charge in [0, 0.05) is 19.1 Å². The zero-order chi connectivity index (χ0) is 12.3. The van der Waals surface area contributed by atoms with Crippen LogP contribution in [-0.2, 0) is 6.54 Å². The van der Waals surface area contributed by atoms with Crippen molar-refractivity contribution >= 4 is 11.6 Å². The monoisotopic (exact) mass is 256 g/mol. The van der Waals surface area contributed by atoms with Gasteiger partial charge in [-0.2, -0.15) is 0 Å². The molecule has 1 aliphatic rings. The minimum Gasteiger partial charge on any atom is -0.313 e. The van der Waals surface area contributed by atoms with Crippen LogP contribution >= 0.6 is 11.6 Å². The van der Waals surface area contributed by atoms with E-state index in [9.17, 15) is 4.39 Å². The van der Waals surface area contributed by atoms with Crippen LogP contribution in [0.25, 0.3) is 0 Å². The molecule has 2 rings (SSSR count). The van der Waals surface area contributed by atoms with E-state index in [0.717, 1.165) is 38.2 Å². The molecule has 0 aromatic heterocycles. The molecule has 1 fully saturated rings. The molecule has 1 heterocycles. The molecule has 0 spiro atoms. The first-order valence-corrected chi connectivity index (χ1v) is 6.42. The lowest BCUT2D eigenvalue weighted by molar-refractivity contribution is 0.264. The molecular formula is C13H18ClFN2. The second-order valence-corrected chi connectivity index (χ2v) is 5.10. The maximum absolute atomic E-state index is 13.3. The molecule has 0 saturated carbocycles. The van der Waals surface area contributed by atoms with Crippen molar-refractivity contribution in [1.29, 1.82) is 0 Å². The summed E-state index contributed by atoms with van der Waals surface area (Å²) in [7, 11) is 0. The number of rotatable bonds is 2. The number of halogens is 2. The standard InChI is InChI=1S/C13H18ClFN2/c1-10-8-17(6-2-5-16-10)9-11-3-4-12(14)13(15)7-11/h3-4,7,10,16H,2,5-6,8-9H2,1H3. The van der Waals surface area contributed by atoms with Gasteiger partial charge in [0.15, 0.2) is 0 Å². The van der Waals surface area contributed by atoms with Crippen molar-refractivity contribution in [2.45, 2.75) is 25.9 Å². The van der Waals surface area contributed by atoms with Gasteiger partial charge in [0.05, 0.1) is 5.02 Å². The number of hydrogen-bond donors (Lipinski definition) is 1. The van der Waals surface area contributed by atoms with Gasteiger partial charge in [-0.15, -0.1) is 0 Å². The molecule has 1 N–H and O–H groups in total. The van der Waals surface area contributed by atoms with Crippen LogP contribution < -0.4 is 5.32 Å². The molecule has 1 atom stereocenters. The Balaban J connectivity index is 2.01. The average molecular weight is 257 g/mol. The number of benzene rings is 1. The van der Waals surface area contributed by atoms with E-state index in [-0.39, 0.29) is 10.8 Å². The predicted octanol–water partition coefficient (Wildman–Crippen LogP) is 2.66. The number of nitrogens with one attached hydrogen (secondary N) is 1. The molecule has 1 aromatic rings. The fourth-order valence-corrected chi connectivity index (χ4v) is 2.35. The molecule has 1 aliphatic heterocycles. The van der Waals surface area contributed by atoms with Crippen LogP contribution in [0.4, 0.5) is 4.39 Å². The minimum absolute atomic E-state index is 0.194. The van der Waals surface area contributed by atoms with Crippen LogP contribution in [0.5, 0.6) is 0 Å². The van der Waals surface area contributed by atoms with E-state index in [0.29, 0.717) is 6.04 Å². The van der Waals surface area contributed by atoms with Crippen LogP contribution in [-0.4, -0.2) is 30.6 Å². The van der Waals surface area contributed by atoms with Gasteiger partial charge in [-0.25, -0.2) is 4.39 Å². The first kappa shape index (κ1) is 12.8. The zero-order valence-electron chi connectivity index (χ0n) is 10.0. The van der Waals surface area contributed by atoms with Crippen molar-refractivity contribution in [2.24, 2.45) is 0 Å². The molecule has 1 unspecified atom stereocenters. The van der Waals surface area contributed by atoms with Crippen molar-refractivity contribution in [2.75, 3.05) is 19.6 Å². The van der Waals surface area contributed by atoms with Crippen LogP contribution in [0, 0.1) is 5.82 Å². The third-order valence-electron chi connectivity index (χ3n) is 3.07. The first-order valence-electron chi connectivity index (χ1n) is 6.05. The SMILES string of the molecule is CC1CN(Cc2ccc(Cl)c(F)c2)CCCN1. The van der Waals surface area contributed by atoms with Gasteiger partial charge < -0.3 is 5.32 Å². The third kappa shape index (κ3) is 3.66. The fourth-order valence-electron chi connectivity index (χ4n) is 2.23. The molecule has 4 heteroatoms. The lowest BCUT2D eigenvalue weighted by Gasteiger charge is -2.22. The third-order valence-corrected chi connectivity index (χ3v) is 3.37. The van der Waals surface area contributed by atoms with Crippen LogP contribution in [0.2, 0.25) is 5.02 Å². The highest BCUT2D eigenvalue weighted by molar-refractivity contribution is 6.30. The zero-order valence-corrected chi connectivity index (χ0v) is 10.8. The van der Waals surface area contributed by atoms with E-state index in [1.807, 2.05) is 6.07 Å². The first-order chi connectivity index (χ1) is 8.15. The Labute approximate surface area is 107 Å². The summed E-state index contributed by atoms with van der Waals surface area (Å²) < 4.78 is 13.3. The second kappa shape index (κ2) is 5.80. The maximum atomic E-state index is 13.3. The molecule has 0 bridgehead atoms. The maximum Gasteiger partial charge on any atom is 0.142 e. The largest absolute Gasteiger partial charge is 0.313 e. The van der Waals surface area contributed by atoms with Crippen molar-refractivity contribution in [3.05, 3.63) is 34.6 Å². The normalized spacial score (nSPS) is 22.4. The van der Waals surface area contributed by atoms with Crippen molar-refractivity contribution < 1.29 is 4.39 Å². The minimum atomic E-state index is -0.329. The molecule has 0 amide bonds. The molecule has 1 aromatic carbocycles. The van der Waals surface area contributed by atoms with Crippen molar-refractivity contribution in [3.63, 3.8) is 0 Å². The highest BCUT2D eigenvalue weighted by atomic mass is 35.5. The molecule has 0 aliphatic carbocycles. The smallest absolute Gasteiger partial charge is 0.142 e. The summed E-state index contributed by atoms with van der Waals surface area (Å²) in [6.45, 7) is 6.10. The molecular weight excluding hydrogens is 239 g/mol. The van der Waals surface area contributed by atoms with Gasteiger partial charge in [0.1, 0.15) is 5.82 Å². The van der Waals surface area contributed by atoms with Crippen molar-refractivity contribution in [1.82, 2.24) is 10.2 Å². The Kier molecular flexibility index (Phi) is 4.37. The van der Waals surface area contributed by atoms with E-state index < -0.39 is 0 Å². The summed E-state index contributed by atoms with van der Waals surface area (Å²) >= 11 is 5.67. The van der Waals surface area contributed by atoms with Gasteiger partial charge in [0.2, 0.25) is 0 Å². The summed E-state index contributed by atoms with van der Waals surface area (Å²) in [6, 6.07) is 5.56. The van der Waals surface area contributed by atoms with Gasteiger partial charge in [0.25, 0.3) is 0 Å². The summed E-state index contributed by atoms with van der Waals surface area (Å²) in [6.07, 6.45) is 1.14. The topological polar surface area (TPSA) is 15.3 Å². The summed E-state index contributed by atoms with van der Waals surface area (Å²) in [5.41, 5.74) is 0.987. The molecule has 17 heavy (non-hydrogen) atoms. The van der Waals surface area contributed by atoms with Crippen molar-refractivity contribution in [3.8, 4) is 0 Å². The van der Waals surface area contributed by atoms with E-state index in [1.54, 1.807) is 6.07 Å². The summed E-state index contributed by atoms with van der Waals surface area (Å²) in [4.78, 5) is 2.35. The van der Waals surface area contributed by atoms with Gasteiger partial charge in [-0.3, -0.25) is 4.90 Å². The van der Waals surface area contributed by atoms with E-state index >= 15 is 0 Å². The van der Waals surface area contributed by atoms with Gasteiger partial charge in [-0.05, 0) is 44.1 Å². The number of nitrogens with zero attached hydrogens (tertiary/aromatic N) is 1. The Morgan fingerprint density at radius 2 is 2.35 bits per heavy atom. The lowest BCUT2D eigenvalue weighted by Crippen LogP contribution is -2.34. The number of hydrogen-bond acceptors (Lipinski definition) is 2. The molecule has 0 radical (unpaired) electrons. The van der Waals surface area contributed by atoms with E-state index in [1.165, 1.54) is 6.07 Å². The molecule has 1 saturated heterocycles. The Morgan fingerprint density at radius 1 is 1.53 bits per heavy atom. The molecule has 2 nitrogen and oxygen atoms in total. The predicted molar refractivity (Wildman–Crippen MR) is 68.8 cm³/mol. The quantitative estimate of drug-likeness (QED) is 0.875. The van der Waals surface area contributed by atoms with Gasteiger partial charge >= 0.3 is 0 Å². The second-order valence-electron chi connectivity index (χ2n) is 4.69.